The zero-order valence-corrected chi connectivity index (χ0v) is 29.3. The van der Waals surface area contributed by atoms with Crippen LogP contribution in [0.1, 0.15) is 0 Å². The molecular weight excluding hydrogens is 679 g/mol. The zero-order valence-electron chi connectivity index (χ0n) is 29.3. The summed E-state index contributed by atoms with van der Waals surface area (Å²) in [7, 11) is 0. The van der Waals surface area contributed by atoms with Gasteiger partial charge in [-0.2, -0.15) is 9.97 Å². The number of fused-ring (bicyclic) bond motifs is 6. The molecule has 11 rings (SSSR count). The molecule has 0 aliphatic rings. The SMILES string of the molecule is c1ccc(-c2nc3ccc(N(c4ccc5c(ccc6cc(-c7ccc8ccccc8c7)ccc65)c4)c4ccc5nc(-c6ccccc6)oc5n4)nc3o2)cc1. The van der Waals surface area contributed by atoms with Gasteiger partial charge in [0.05, 0.1) is 0 Å². The van der Waals surface area contributed by atoms with E-state index in [1.54, 1.807) is 0 Å². The summed E-state index contributed by atoms with van der Waals surface area (Å²) in [6.45, 7) is 0. The Balaban J connectivity index is 1.03. The van der Waals surface area contributed by atoms with Crippen LogP contribution in [0.25, 0.3) is 88.8 Å². The third-order valence-corrected chi connectivity index (χ3v) is 10.1. The smallest absolute Gasteiger partial charge is 0.249 e. The summed E-state index contributed by atoms with van der Waals surface area (Å²) in [5.74, 6) is 2.28. The van der Waals surface area contributed by atoms with E-state index in [-0.39, 0.29) is 0 Å². The Labute approximate surface area is 314 Å². The van der Waals surface area contributed by atoms with Gasteiger partial charge in [0.15, 0.2) is 0 Å². The fourth-order valence-electron chi connectivity index (χ4n) is 7.40. The molecule has 4 aromatic heterocycles. The quantitative estimate of drug-likeness (QED) is 0.159. The van der Waals surface area contributed by atoms with Crippen LogP contribution in [0.5, 0.6) is 0 Å². The Morgan fingerprint density at radius 2 is 0.836 bits per heavy atom. The van der Waals surface area contributed by atoms with Crippen LogP contribution in [0, 0.1) is 0 Å². The molecule has 0 aliphatic carbocycles. The van der Waals surface area contributed by atoms with Crippen LogP contribution in [0.3, 0.4) is 0 Å². The van der Waals surface area contributed by atoms with Crippen LogP contribution in [-0.4, -0.2) is 19.9 Å². The second-order valence-corrected chi connectivity index (χ2v) is 13.6. The Morgan fingerprint density at radius 1 is 0.345 bits per heavy atom. The standard InChI is InChI=1S/C48H29N5O2/c1-3-10-31(11-4-1)45-49-41-23-25-43(51-47(41)54-45)53(44-26-24-42-48(52-44)55-46(50-42)32-12-5-2-6-13-32)38-20-22-40-37(29-38)18-17-36-28-35(19-21-39(36)40)34-16-15-30-9-7-8-14-33(30)27-34/h1-29H. The highest BCUT2D eigenvalue weighted by Gasteiger charge is 2.21. The van der Waals surface area contributed by atoms with E-state index in [0.717, 1.165) is 27.6 Å². The maximum absolute atomic E-state index is 6.22. The molecular formula is C48H29N5O2. The first-order chi connectivity index (χ1) is 27.2. The Hall–Kier alpha value is -7.64. The molecule has 4 heterocycles. The molecule has 0 spiro atoms. The van der Waals surface area contributed by atoms with Crippen molar-refractivity contribution in [2.45, 2.75) is 0 Å². The lowest BCUT2D eigenvalue weighted by atomic mass is 9.96. The van der Waals surface area contributed by atoms with Gasteiger partial charge in [0.1, 0.15) is 22.7 Å². The largest absolute Gasteiger partial charge is 0.418 e. The fraction of sp³-hybridized carbons (Fsp3) is 0. The van der Waals surface area contributed by atoms with Gasteiger partial charge in [-0.15, -0.1) is 0 Å². The van der Waals surface area contributed by atoms with E-state index < -0.39 is 0 Å². The number of hydrogen-bond acceptors (Lipinski definition) is 7. The van der Waals surface area contributed by atoms with E-state index in [2.05, 4.69) is 91.0 Å². The lowest BCUT2D eigenvalue weighted by molar-refractivity contribution is 0.607. The van der Waals surface area contributed by atoms with Gasteiger partial charge in [-0.1, -0.05) is 103 Å². The number of oxazole rings is 2. The Kier molecular flexibility index (Phi) is 7.03. The van der Waals surface area contributed by atoms with E-state index in [9.17, 15) is 0 Å². The average Bonchev–Trinajstić information content (AvgIpc) is 3.88. The number of nitrogens with zero attached hydrogens (tertiary/aromatic N) is 5. The molecule has 7 heteroatoms. The molecule has 0 atom stereocenters. The highest BCUT2D eigenvalue weighted by Crippen LogP contribution is 2.39. The van der Waals surface area contributed by atoms with Crippen molar-refractivity contribution in [2.75, 3.05) is 4.90 Å². The van der Waals surface area contributed by atoms with Gasteiger partial charge < -0.3 is 8.83 Å². The molecule has 11 aromatic rings. The number of anilines is 3. The highest BCUT2D eigenvalue weighted by atomic mass is 16.4. The molecule has 0 radical (unpaired) electrons. The van der Waals surface area contributed by atoms with Gasteiger partial charge in [-0.25, -0.2) is 9.97 Å². The van der Waals surface area contributed by atoms with Gasteiger partial charge in [-0.3, -0.25) is 4.90 Å². The highest BCUT2D eigenvalue weighted by molar-refractivity contribution is 6.09. The Morgan fingerprint density at radius 3 is 1.45 bits per heavy atom. The number of aromatic nitrogens is 4. The molecule has 55 heavy (non-hydrogen) atoms. The average molecular weight is 708 g/mol. The van der Waals surface area contributed by atoms with Gasteiger partial charge in [0.2, 0.25) is 23.2 Å². The topological polar surface area (TPSA) is 81.1 Å². The van der Waals surface area contributed by atoms with Crippen LogP contribution < -0.4 is 4.90 Å². The number of pyridine rings is 2. The van der Waals surface area contributed by atoms with Gasteiger partial charge in [0, 0.05) is 16.8 Å². The predicted octanol–water partition coefficient (Wildman–Crippen LogP) is 12.7. The van der Waals surface area contributed by atoms with Crippen molar-refractivity contribution in [2.24, 2.45) is 0 Å². The van der Waals surface area contributed by atoms with Crippen molar-refractivity contribution >= 4 is 72.1 Å². The van der Waals surface area contributed by atoms with Gasteiger partial charge in [-0.05, 0) is 116 Å². The fourth-order valence-corrected chi connectivity index (χ4v) is 7.40. The van der Waals surface area contributed by atoms with E-state index >= 15 is 0 Å². The lowest BCUT2D eigenvalue weighted by Gasteiger charge is -2.23. The molecule has 0 N–H and O–H groups in total. The molecule has 258 valence electrons. The van der Waals surface area contributed by atoms with Crippen molar-refractivity contribution in [3.8, 4) is 34.0 Å². The third kappa shape index (κ3) is 5.45. The van der Waals surface area contributed by atoms with Crippen LogP contribution >= 0.6 is 0 Å². The third-order valence-electron chi connectivity index (χ3n) is 10.1. The van der Waals surface area contributed by atoms with Gasteiger partial charge >= 0.3 is 0 Å². The van der Waals surface area contributed by atoms with E-state index in [1.807, 2.05) is 89.8 Å². The molecule has 0 bridgehead atoms. The minimum Gasteiger partial charge on any atom is -0.418 e. The van der Waals surface area contributed by atoms with Crippen molar-refractivity contribution < 1.29 is 8.83 Å². The summed E-state index contributed by atoms with van der Waals surface area (Å²) in [4.78, 5) is 21.5. The minimum atomic E-state index is 0.433. The van der Waals surface area contributed by atoms with Crippen molar-refractivity contribution in [3.63, 3.8) is 0 Å². The van der Waals surface area contributed by atoms with Crippen molar-refractivity contribution in [1.29, 1.82) is 0 Å². The van der Waals surface area contributed by atoms with E-state index in [4.69, 9.17) is 28.8 Å². The number of rotatable bonds is 6. The maximum Gasteiger partial charge on any atom is 0.249 e. The van der Waals surface area contributed by atoms with E-state index in [0.29, 0.717) is 45.9 Å². The second-order valence-electron chi connectivity index (χ2n) is 13.6. The number of hydrogen-bond donors (Lipinski definition) is 0. The Bertz CT molecular complexity index is 3110. The summed E-state index contributed by atoms with van der Waals surface area (Å²) in [6, 6.07) is 60.1. The monoisotopic (exact) mass is 707 g/mol. The first-order valence-corrected chi connectivity index (χ1v) is 18.1. The summed E-state index contributed by atoms with van der Waals surface area (Å²) < 4.78 is 12.4. The molecule has 0 aliphatic heterocycles. The van der Waals surface area contributed by atoms with Crippen LogP contribution in [0.15, 0.2) is 185 Å². The van der Waals surface area contributed by atoms with Crippen molar-refractivity contribution in [3.05, 3.63) is 176 Å². The predicted molar refractivity (Wildman–Crippen MR) is 221 cm³/mol. The summed E-state index contributed by atoms with van der Waals surface area (Å²) in [5.41, 5.74) is 7.24. The molecule has 0 saturated heterocycles. The maximum atomic E-state index is 6.22. The lowest BCUT2D eigenvalue weighted by Crippen LogP contribution is -2.13. The van der Waals surface area contributed by atoms with Crippen LogP contribution in [-0.2, 0) is 0 Å². The number of benzene rings is 7. The summed E-state index contributed by atoms with van der Waals surface area (Å²) in [6.07, 6.45) is 0. The summed E-state index contributed by atoms with van der Waals surface area (Å²) >= 11 is 0. The van der Waals surface area contributed by atoms with E-state index in [1.165, 1.54) is 32.7 Å². The molecule has 0 saturated carbocycles. The normalized spacial score (nSPS) is 11.6. The first-order valence-electron chi connectivity index (χ1n) is 18.1. The molecule has 0 fully saturated rings. The molecule has 0 unspecified atom stereocenters. The molecule has 7 nitrogen and oxygen atoms in total. The zero-order chi connectivity index (χ0) is 36.3. The minimum absolute atomic E-state index is 0.433. The molecule has 7 aromatic carbocycles. The van der Waals surface area contributed by atoms with Crippen molar-refractivity contribution in [1.82, 2.24) is 19.9 Å². The first kappa shape index (κ1) is 30.9. The summed E-state index contributed by atoms with van der Waals surface area (Å²) in [5, 5.41) is 7.09. The van der Waals surface area contributed by atoms with Gasteiger partial charge in [0.25, 0.3) is 0 Å². The van der Waals surface area contributed by atoms with Crippen LogP contribution in [0.4, 0.5) is 17.3 Å². The second kappa shape index (κ2) is 12.5. The molecule has 0 amide bonds. The van der Waals surface area contributed by atoms with Crippen LogP contribution in [0.2, 0.25) is 0 Å².